The third kappa shape index (κ3) is 3.89. The first-order valence-electron chi connectivity index (χ1n) is 4.42. The van der Waals surface area contributed by atoms with E-state index in [1.807, 2.05) is 0 Å². The molecule has 1 aromatic carbocycles. The molecule has 0 aliphatic carbocycles. The van der Waals surface area contributed by atoms with Crippen LogP contribution >= 0.6 is 22.3 Å². The zero-order valence-corrected chi connectivity index (χ0v) is 11.2. The van der Waals surface area contributed by atoms with E-state index in [4.69, 9.17) is 27.5 Å². The SMILES string of the molecule is N#Cc1ccc(S(=O)(=O)Cl)c(OC(F)(F)F)c1CCl. The van der Waals surface area contributed by atoms with E-state index in [0.717, 1.165) is 12.1 Å². The molecule has 1 rings (SSSR count). The summed E-state index contributed by atoms with van der Waals surface area (Å²) < 4.78 is 62.8. The minimum atomic E-state index is -5.15. The molecule has 0 spiro atoms. The van der Waals surface area contributed by atoms with E-state index >= 15 is 0 Å². The normalized spacial score (nSPS) is 12.0. The molecule has 4 nitrogen and oxygen atoms in total. The van der Waals surface area contributed by atoms with Gasteiger partial charge in [-0.1, -0.05) is 0 Å². The summed E-state index contributed by atoms with van der Waals surface area (Å²) in [6.07, 6.45) is -5.15. The lowest BCUT2D eigenvalue weighted by Gasteiger charge is -2.15. The Labute approximate surface area is 115 Å². The fraction of sp³-hybridized carbons (Fsp3) is 0.222. The highest BCUT2D eigenvalue weighted by molar-refractivity contribution is 8.13. The van der Waals surface area contributed by atoms with Crippen molar-refractivity contribution < 1.29 is 26.3 Å². The van der Waals surface area contributed by atoms with E-state index in [1.165, 1.54) is 0 Å². The summed E-state index contributed by atoms with van der Waals surface area (Å²) in [5.41, 5.74) is -0.637. The van der Waals surface area contributed by atoms with Crippen molar-refractivity contribution in [2.45, 2.75) is 17.1 Å². The second kappa shape index (κ2) is 5.45. The molecule has 0 radical (unpaired) electrons. The van der Waals surface area contributed by atoms with Crippen LogP contribution in [0.15, 0.2) is 17.0 Å². The van der Waals surface area contributed by atoms with Crippen molar-refractivity contribution in [1.82, 2.24) is 0 Å². The summed E-state index contributed by atoms with van der Waals surface area (Å²) >= 11 is 5.43. The fourth-order valence-electron chi connectivity index (χ4n) is 1.26. The van der Waals surface area contributed by atoms with Gasteiger partial charge in [0.1, 0.15) is 4.90 Å². The van der Waals surface area contributed by atoms with Gasteiger partial charge in [-0.2, -0.15) is 5.26 Å². The van der Waals surface area contributed by atoms with E-state index < -0.39 is 37.5 Å². The summed E-state index contributed by atoms with van der Waals surface area (Å²) in [5, 5.41) is 8.74. The molecule has 104 valence electrons. The Kier molecular flexibility index (Phi) is 4.55. The molecule has 0 saturated heterocycles. The van der Waals surface area contributed by atoms with E-state index in [1.54, 1.807) is 6.07 Å². The molecule has 0 aromatic heterocycles. The van der Waals surface area contributed by atoms with Crippen molar-refractivity contribution in [3.05, 3.63) is 23.3 Å². The molecule has 0 saturated carbocycles. The maximum absolute atomic E-state index is 12.3. The Morgan fingerprint density at radius 3 is 2.32 bits per heavy atom. The van der Waals surface area contributed by atoms with Crippen LogP contribution in [0.25, 0.3) is 0 Å². The molecule has 19 heavy (non-hydrogen) atoms. The van der Waals surface area contributed by atoms with Crippen LogP contribution in [0.3, 0.4) is 0 Å². The van der Waals surface area contributed by atoms with Crippen molar-refractivity contribution >= 4 is 31.3 Å². The predicted molar refractivity (Wildman–Crippen MR) is 60.4 cm³/mol. The maximum Gasteiger partial charge on any atom is 0.573 e. The lowest BCUT2D eigenvalue weighted by atomic mass is 10.1. The summed E-state index contributed by atoms with van der Waals surface area (Å²) in [6.45, 7) is 0. The number of hydrogen-bond donors (Lipinski definition) is 0. The van der Waals surface area contributed by atoms with Crippen molar-refractivity contribution in [1.29, 1.82) is 5.26 Å². The van der Waals surface area contributed by atoms with Crippen LogP contribution in [0.2, 0.25) is 0 Å². The van der Waals surface area contributed by atoms with Crippen molar-refractivity contribution in [3.8, 4) is 11.8 Å². The summed E-state index contributed by atoms with van der Waals surface area (Å²) in [4.78, 5) is -0.902. The Balaban J connectivity index is 3.65. The average molecular weight is 334 g/mol. The molecule has 0 atom stereocenters. The Morgan fingerprint density at radius 2 is 1.95 bits per heavy atom. The first-order chi connectivity index (χ1) is 8.60. The third-order valence-electron chi connectivity index (χ3n) is 1.96. The number of nitrogens with zero attached hydrogens (tertiary/aromatic N) is 1. The molecule has 0 N–H and O–H groups in total. The lowest BCUT2D eigenvalue weighted by Crippen LogP contribution is -2.20. The highest BCUT2D eigenvalue weighted by atomic mass is 35.7. The van der Waals surface area contributed by atoms with Crippen LogP contribution in [0.4, 0.5) is 13.2 Å². The smallest absolute Gasteiger partial charge is 0.404 e. The maximum atomic E-state index is 12.3. The van der Waals surface area contributed by atoms with Gasteiger partial charge in [0.2, 0.25) is 0 Å². The molecule has 0 aliphatic rings. The fourth-order valence-corrected chi connectivity index (χ4v) is 2.51. The Bertz CT molecular complexity index is 637. The van der Waals surface area contributed by atoms with Gasteiger partial charge in [0.15, 0.2) is 5.75 Å². The third-order valence-corrected chi connectivity index (χ3v) is 3.57. The quantitative estimate of drug-likeness (QED) is 0.629. The van der Waals surface area contributed by atoms with Crippen LogP contribution in [0, 0.1) is 11.3 Å². The van der Waals surface area contributed by atoms with E-state index in [0.29, 0.717) is 0 Å². The number of nitriles is 1. The predicted octanol–water partition coefficient (Wildman–Crippen LogP) is 3.12. The van der Waals surface area contributed by atoms with Gasteiger partial charge in [0.25, 0.3) is 9.05 Å². The average Bonchev–Trinajstić information content (AvgIpc) is 2.24. The minimum absolute atomic E-state index is 0.238. The van der Waals surface area contributed by atoms with Crippen LogP contribution in [-0.2, 0) is 14.9 Å². The van der Waals surface area contributed by atoms with Gasteiger partial charge in [-0.15, -0.1) is 24.8 Å². The van der Waals surface area contributed by atoms with Gasteiger partial charge >= 0.3 is 6.36 Å². The van der Waals surface area contributed by atoms with Gasteiger partial charge in [0, 0.05) is 16.2 Å². The monoisotopic (exact) mass is 333 g/mol. The molecular weight excluding hydrogens is 330 g/mol. The second-order valence-electron chi connectivity index (χ2n) is 3.15. The summed E-state index contributed by atoms with van der Waals surface area (Å²) in [5.74, 6) is -1.63. The number of benzene rings is 1. The molecule has 0 aliphatic heterocycles. The van der Waals surface area contributed by atoms with Gasteiger partial charge in [-0.25, -0.2) is 8.42 Å². The standard InChI is InChI=1S/C9H4Cl2F3NO3S/c10-3-6-5(4-15)1-2-7(19(11,16)17)8(6)18-9(12,13)14/h1-2H,3H2. The number of alkyl halides is 4. The molecule has 1 aromatic rings. The summed E-state index contributed by atoms with van der Waals surface area (Å²) in [7, 11) is 0.532. The molecule has 0 amide bonds. The van der Waals surface area contributed by atoms with Gasteiger partial charge in [0.05, 0.1) is 17.5 Å². The van der Waals surface area contributed by atoms with Gasteiger partial charge in [-0.3, -0.25) is 0 Å². The number of halogens is 5. The van der Waals surface area contributed by atoms with Crippen LogP contribution < -0.4 is 4.74 Å². The molecule has 0 bridgehead atoms. The Morgan fingerprint density at radius 1 is 1.37 bits per heavy atom. The van der Waals surface area contributed by atoms with E-state index in [-0.39, 0.29) is 5.56 Å². The van der Waals surface area contributed by atoms with Gasteiger partial charge < -0.3 is 4.74 Å². The number of hydrogen-bond acceptors (Lipinski definition) is 4. The second-order valence-corrected chi connectivity index (χ2v) is 5.95. The minimum Gasteiger partial charge on any atom is -0.404 e. The first kappa shape index (κ1) is 15.9. The molecule has 0 fully saturated rings. The number of ether oxygens (including phenoxy) is 1. The highest BCUT2D eigenvalue weighted by Crippen LogP contribution is 2.37. The summed E-state index contributed by atoms with van der Waals surface area (Å²) in [6, 6.07) is 3.33. The van der Waals surface area contributed by atoms with Crippen LogP contribution in [0.1, 0.15) is 11.1 Å². The Hall–Kier alpha value is -1.17. The molecule has 10 heteroatoms. The van der Waals surface area contributed by atoms with E-state index in [2.05, 4.69) is 4.74 Å². The van der Waals surface area contributed by atoms with Crippen molar-refractivity contribution in [2.75, 3.05) is 0 Å². The van der Waals surface area contributed by atoms with Crippen molar-refractivity contribution in [3.63, 3.8) is 0 Å². The van der Waals surface area contributed by atoms with Gasteiger partial charge in [-0.05, 0) is 12.1 Å². The topological polar surface area (TPSA) is 67.2 Å². The van der Waals surface area contributed by atoms with E-state index in [9.17, 15) is 21.6 Å². The zero-order chi connectivity index (χ0) is 14.8. The first-order valence-corrected chi connectivity index (χ1v) is 7.27. The largest absolute Gasteiger partial charge is 0.573 e. The number of rotatable bonds is 3. The van der Waals surface area contributed by atoms with Crippen molar-refractivity contribution in [2.24, 2.45) is 0 Å². The lowest BCUT2D eigenvalue weighted by molar-refractivity contribution is -0.275. The van der Waals surface area contributed by atoms with Crippen LogP contribution in [0.5, 0.6) is 5.75 Å². The van der Waals surface area contributed by atoms with Crippen LogP contribution in [-0.4, -0.2) is 14.8 Å². The molecule has 0 heterocycles. The highest BCUT2D eigenvalue weighted by Gasteiger charge is 2.35. The zero-order valence-electron chi connectivity index (χ0n) is 8.83. The molecular formula is C9H4Cl2F3NO3S. The molecule has 0 unspecified atom stereocenters.